The van der Waals surface area contributed by atoms with Crippen LogP contribution in [0.25, 0.3) is 0 Å². The fourth-order valence-corrected chi connectivity index (χ4v) is 1.26. The van der Waals surface area contributed by atoms with E-state index in [9.17, 15) is 9.18 Å². The van der Waals surface area contributed by atoms with E-state index in [4.69, 9.17) is 5.73 Å². The highest BCUT2D eigenvalue weighted by Gasteiger charge is 2.04. The predicted molar refractivity (Wildman–Crippen MR) is 60.2 cm³/mol. The minimum absolute atomic E-state index is 0.169. The standard InChI is InChI=1S/C11H16FN3O/c1-2-14-11(16)15-7-9-4-3-8(6-13)5-10(9)12/h3-5H,2,6-7,13H2,1H3,(H2,14,15,16). The maximum atomic E-state index is 13.4. The Morgan fingerprint density at radius 2 is 2.19 bits per heavy atom. The van der Waals surface area contributed by atoms with Gasteiger partial charge < -0.3 is 16.4 Å². The molecule has 4 N–H and O–H groups in total. The first-order valence-corrected chi connectivity index (χ1v) is 5.16. The zero-order valence-corrected chi connectivity index (χ0v) is 9.22. The first-order valence-electron chi connectivity index (χ1n) is 5.16. The average Bonchev–Trinajstić information content (AvgIpc) is 2.27. The molecule has 0 fully saturated rings. The van der Waals surface area contributed by atoms with Gasteiger partial charge in [-0.25, -0.2) is 9.18 Å². The lowest BCUT2D eigenvalue weighted by Gasteiger charge is -2.07. The van der Waals surface area contributed by atoms with E-state index in [1.54, 1.807) is 12.1 Å². The van der Waals surface area contributed by atoms with Crippen molar-refractivity contribution in [3.63, 3.8) is 0 Å². The molecule has 0 unspecified atom stereocenters. The number of nitrogens with two attached hydrogens (primary N) is 1. The van der Waals surface area contributed by atoms with E-state index in [0.29, 0.717) is 18.7 Å². The van der Waals surface area contributed by atoms with E-state index in [1.807, 2.05) is 6.92 Å². The Kier molecular flexibility index (Phi) is 4.72. The van der Waals surface area contributed by atoms with Gasteiger partial charge in [0.2, 0.25) is 0 Å². The first kappa shape index (κ1) is 12.4. The zero-order valence-electron chi connectivity index (χ0n) is 9.22. The van der Waals surface area contributed by atoms with Crippen molar-refractivity contribution in [2.75, 3.05) is 6.54 Å². The van der Waals surface area contributed by atoms with Gasteiger partial charge in [0.05, 0.1) is 0 Å². The predicted octanol–water partition coefficient (Wildman–Crippen LogP) is 1.10. The van der Waals surface area contributed by atoms with Gasteiger partial charge in [0.1, 0.15) is 5.82 Å². The third-order valence-electron chi connectivity index (χ3n) is 2.13. The van der Waals surface area contributed by atoms with E-state index in [2.05, 4.69) is 10.6 Å². The Bertz CT molecular complexity index is 368. The molecule has 0 atom stereocenters. The SMILES string of the molecule is CCNC(=O)NCc1ccc(CN)cc1F. The van der Waals surface area contributed by atoms with E-state index in [0.717, 1.165) is 5.56 Å². The Hall–Kier alpha value is -1.62. The van der Waals surface area contributed by atoms with Crippen LogP contribution in [0.1, 0.15) is 18.1 Å². The van der Waals surface area contributed by atoms with Crippen molar-refractivity contribution in [3.05, 3.63) is 35.1 Å². The largest absolute Gasteiger partial charge is 0.338 e. The van der Waals surface area contributed by atoms with E-state index < -0.39 is 0 Å². The molecule has 0 bridgehead atoms. The van der Waals surface area contributed by atoms with Crippen LogP contribution in [-0.4, -0.2) is 12.6 Å². The minimum atomic E-state index is -0.347. The Morgan fingerprint density at radius 1 is 1.44 bits per heavy atom. The van der Waals surface area contributed by atoms with Crippen molar-refractivity contribution in [1.82, 2.24) is 10.6 Å². The van der Waals surface area contributed by atoms with Crippen molar-refractivity contribution in [2.45, 2.75) is 20.0 Å². The highest BCUT2D eigenvalue weighted by molar-refractivity contribution is 5.73. The number of carbonyl (C=O) groups is 1. The number of hydrogen-bond donors (Lipinski definition) is 3. The van der Waals surface area contributed by atoms with Gasteiger partial charge in [0, 0.05) is 25.2 Å². The maximum Gasteiger partial charge on any atom is 0.315 e. The molecule has 0 aliphatic heterocycles. The molecule has 0 aliphatic carbocycles. The van der Waals surface area contributed by atoms with Crippen LogP contribution in [-0.2, 0) is 13.1 Å². The minimum Gasteiger partial charge on any atom is -0.338 e. The van der Waals surface area contributed by atoms with Crippen LogP contribution >= 0.6 is 0 Å². The second kappa shape index (κ2) is 6.07. The normalized spacial score (nSPS) is 9.94. The average molecular weight is 225 g/mol. The summed E-state index contributed by atoms with van der Waals surface area (Å²) in [5, 5.41) is 5.12. The fourth-order valence-electron chi connectivity index (χ4n) is 1.26. The van der Waals surface area contributed by atoms with Crippen molar-refractivity contribution < 1.29 is 9.18 Å². The molecule has 0 spiro atoms. The molecule has 0 radical (unpaired) electrons. The fraction of sp³-hybridized carbons (Fsp3) is 0.364. The van der Waals surface area contributed by atoms with Crippen LogP contribution in [0, 0.1) is 5.82 Å². The van der Waals surface area contributed by atoms with E-state index in [1.165, 1.54) is 6.07 Å². The van der Waals surface area contributed by atoms with Gasteiger partial charge in [-0.1, -0.05) is 12.1 Å². The van der Waals surface area contributed by atoms with Crippen LogP contribution in [0.3, 0.4) is 0 Å². The molecule has 0 aliphatic rings. The number of amides is 2. The van der Waals surface area contributed by atoms with Gasteiger partial charge in [0.25, 0.3) is 0 Å². The Balaban J connectivity index is 2.57. The monoisotopic (exact) mass is 225 g/mol. The summed E-state index contributed by atoms with van der Waals surface area (Å²) in [6, 6.07) is 4.46. The lowest BCUT2D eigenvalue weighted by molar-refractivity contribution is 0.241. The highest BCUT2D eigenvalue weighted by atomic mass is 19.1. The lowest BCUT2D eigenvalue weighted by Crippen LogP contribution is -2.34. The van der Waals surface area contributed by atoms with E-state index >= 15 is 0 Å². The van der Waals surface area contributed by atoms with Crippen molar-refractivity contribution >= 4 is 6.03 Å². The van der Waals surface area contributed by atoms with Gasteiger partial charge in [-0.2, -0.15) is 0 Å². The van der Waals surface area contributed by atoms with Crippen LogP contribution < -0.4 is 16.4 Å². The molecule has 0 aromatic heterocycles. The summed E-state index contributed by atoms with van der Waals surface area (Å²) in [5.41, 5.74) is 6.57. The molecular weight excluding hydrogens is 209 g/mol. The van der Waals surface area contributed by atoms with Gasteiger partial charge >= 0.3 is 6.03 Å². The smallest absolute Gasteiger partial charge is 0.315 e. The molecule has 1 aromatic rings. The molecule has 16 heavy (non-hydrogen) atoms. The number of carbonyl (C=O) groups excluding carboxylic acids is 1. The third-order valence-corrected chi connectivity index (χ3v) is 2.13. The number of hydrogen-bond acceptors (Lipinski definition) is 2. The Labute approximate surface area is 94.0 Å². The Morgan fingerprint density at radius 3 is 2.75 bits per heavy atom. The topological polar surface area (TPSA) is 67.2 Å². The highest BCUT2D eigenvalue weighted by Crippen LogP contribution is 2.09. The molecule has 88 valence electrons. The van der Waals surface area contributed by atoms with Gasteiger partial charge in [-0.15, -0.1) is 0 Å². The quantitative estimate of drug-likeness (QED) is 0.718. The molecule has 2 amide bonds. The number of benzene rings is 1. The third kappa shape index (κ3) is 3.51. The molecule has 5 heteroatoms. The summed E-state index contributed by atoms with van der Waals surface area (Å²) in [7, 11) is 0. The van der Waals surface area contributed by atoms with Crippen LogP contribution in [0.2, 0.25) is 0 Å². The van der Waals surface area contributed by atoms with Crippen LogP contribution in [0.15, 0.2) is 18.2 Å². The lowest BCUT2D eigenvalue weighted by atomic mass is 10.1. The second-order valence-electron chi connectivity index (χ2n) is 3.34. The summed E-state index contributed by atoms with van der Waals surface area (Å²) >= 11 is 0. The number of halogens is 1. The number of nitrogens with one attached hydrogen (secondary N) is 2. The summed E-state index contributed by atoms with van der Waals surface area (Å²) in [4.78, 5) is 11.1. The van der Waals surface area contributed by atoms with Crippen molar-refractivity contribution in [2.24, 2.45) is 5.73 Å². The molecular formula is C11H16FN3O. The van der Waals surface area contributed by atoms with Crippen LogP contribution in [0.5, 0.6) is 0 Å². The first-order chi connectivity index (χ1) is 7.67. The van der Waals surface area contributed by atoms with E-state index in [-0.39, 0.29) is 18.4 Å². The van der Waals surface area contributed by atoms with Gasteiger partial charge in [-0.3, -0.25) is 0 Å². The summed E-state index contributed by atoms with van der Waals surface area (Å²) in [6.07, 6.45) is 0. The molecule has 1 rings (SSSR count). The molecule has 0 saturated carbocycles. The van der Waals surface area contributed by atoms with Gasteiger partial charge in [-0.05, 0) is 18.6 Å². The molecule has 4 nitrogen and oxygen atoms in total. The molecule has 0 saturated heterocycles. The van der Waals surface area contributed by atoms with Crippen molar-refractivity contribution in [1.29, 1.82) is 0 Å². The maximum absolute atomic E-state index is 13.4. The summed E-state index contributed by atoms with van der Waals surface area (Å²) in [6.45, 7) is 2.83. The van der Waals surface area contributed by atoms with Gasteiger partial charge in [0.15, 0.2) is 0 Å². The molecule has 0 heterocycles. The number of urea groups is 1. The van der Waals surface area contributed by atoms with Crippen molar-refractivity contribution in [3.8, 4) is 0 Å². The summed E-state index contributed by atoms with van der Waals surface area (Å²) < 4.78 is 13.4. The molecule has 1 aromatic carbocycles. The number of rotatable bonds is 4. The second-order valence-corrected chi connectivity index (χ2v) is 3.34. The van der Waals surface area contributed by atoms with Crippen LogP contribution in [0.4, 0.5) is 9.18 Å². The summed E-state index contributed by atoms with van der Waals surface area (Å²) in [5.74, 6) is -0.347. The zero-order chi connectivity index (χ0) is 12.0.